The Bertz CT molecular complexity index is 1900. The molecular weight excluding hydrogens is 623 g/mol. The summed E-state index contributed by atoms with van der Waals surface area (Å²) in [6.07, 6.45) is -0.873. The van der Waals surface area contributed by atoms with Gasteiger partial charge in [-0.25, -0.2) is 4.98 Å². The van der Waals surface area contributed by atoms with Crippen LogP contribution >= 0.6 is 11.3 Å². The van der Waals surface area contributed by atoms with Crippen LogP contribution in [0, 0.1) is 24.2 Å². The van der Waals surface area contributed by atoms with Crippen LogP contribution in [-0.4, -0.2) is 73.4 Å². The lowest BCUT2D eigenvalue weighted by Gasteiger charge is -2.33. The first-order valence-corrected chi connectivity index (χ1v) is 16.7. The number of fused-ring (bicyclic) bond motifs is 2. The van der Waals surface area contributed by atoms with Gasteiger partial charge in [-0.2, -0.15) is 23.4 Å². The van der Waals surface area contributed by atoms with Crippen molar-refractivity contribution >= 4 is 65.8 Å². The van der Waals surface area contributed by atoms with E-state index < -0.39 is 11.4 Å². The first kappa shape index (κ1) is 32.9. The average Bonchev–Trinajstić information content (AvgIpc) is 3.69. The summed E-state index contributed by atoms with van der Waals surface area (Å²) in [5.41, 5.74) is 4.32. The number of alkyl halides is 3. The summed E-state index contributed by atoms with van der Waals surface area (Å²) in [6.45, 7) is 8.88. The molecule has 47 heavy (non-hydrogen) atoms. The number of anilines is 2. The molecule has 1 amide bonds. The lowest BCUT2D eigenvalue weighted by Crippen LogP contribution is -2.42. The molecule has 0 spiro atoms. The van der Waals surface area contributed by atoms with Crippen LogP contribution in [0.3, 0.4) is 0 Å². The number of hydrogen-bond donors (Lipinski definition) is 3. The van der Waals surface area contributed by atoms with E-state index in [0.717, 1.165) is 73.1 Å². The molecule has 1 saturated carbocycles. The van der Waals surface area contributed by atoms with Crippen molar-refractivity contribution < 1.29 is 18.0 Å². The van der Waals surface area contributed by atoms with E-state index in [4.69, 9.17) is 0 Å². The third-order valence-corrected chi connectivity index (χ3v) is 10.8. The Balaban J connectivity index is 1.13. The van der Waals surface area contributed by atoms with Crippen molar-refractivity contribution in [3.8, 4) is 6.07 Å². The van der Waals surface area contributed by atoms with Gasteiger partial charge >= 0.3 is 6.18 Å². The van der Waals surface area contributed by atoms with Crippen molar-refractivity contribution in [1.82, 2.24) is 24.8 Å². The number of halogens is 3. The number of nitrogens with one attached hydrogen (secondary N) is 3. The first-order valence-electron chi connectivity index (χ1n) is 15.8. The Kier molecular flexibility index (Phi) is 8.78. The molecule has 4 aromatic rings. The highest BCUT2D eigenvalue weighted by atomic mass is 32.1. The number of amides is 1. The van der Waals surface area contributed by atoms with Crippen LogP contribution in [0.4, 0.5) is 24.9 Å². The summed E-state index contributed by atoms with van der Waals surface area (Å²) < 4.78 is 43.3. The van der Waals surface area contributed by atoms with E-state index in [0.29, 0.717) is 39.9 Å². The van der Waals surface area contributed by atoms with E-state index in [1.165, 1.54) is 21.3 Å². The highest BCUT2D eigenvalue weighted by Crippen LogP contribution is 2.42. The summed E-state index contributed by atoms with van der Waals surface area (Å²) in [5.74, 6) is 0.993. The number of aryl methyl sites for hydroxylation is 1. The van der Waals surface area contributed by atoms with E-state index in [1.54, 1.807) is 13.1 Å². The fourth-order valence-electron chi connectivity index (χ4n) is 6.07. The number of nitrogens with zero attached hydrogens (tertiary/aromatic N) is 5. The number of nitriles is 1. The van der Waals surface area contributed by atoms with Gasteiger partial charge in [0.1, 0.15) is 38.1 Å². The number of rotatable bonds is 10. The molecule has 0 unspecified atom stereocenters. The Morgan fingerprint density at radius 3 is 2.51 bits per heavy atom. The van der Waals surface area contributed by atoms with Crippen molar-refractivity contribution in [2.45, 2.75) is 63.1 Å². The quantitative estimate of drug-likeness (QED) is 0.221. The molecule has 1 aliphatic heterocycles. The number of aromatic nitrogens is 3. The molecule has 0 atom stereocenters. The van der Waals surface area contributed by atoms with Crippen molar-refractivity contribution in [3.63, 3.8) is 0 Å². The summed E-state index contributed by atoms with van der Waals surface area (Å²) in [6, 6.07) is 10.0. The Morgan fingerprint density at radius 2 is 1.87 bits per heavy atom. The number of carbonyl (C=O) groups excluding carboxylic acids is 1. The Morgan fingerprint density at radius 1 is 1.15 bits per heavy atom. The number of piperidine rings is 1. The fourth-order valence-corrected chi connectivity index (χ4v) is 7.22. The molecule has 1 aromatic carbocycles. The summed E-state index contributed by atoms with van der Waals surface area (Å²) in [7, 11) is 4.08. The van der Waals surface area contributed by atoms with E-state index in [1.807, 2.05) is 16.7 Å². The van der Waals surface area contributed by atoms with E-state index >= 15 is 0 Å². The highest BCUT2D eigenvalue weighted by molar-refractivity contribution is 7.19. The zero-order valence-corrected chi connectivity index (χ0v) is 27.8. The van der Waals surface area contributed by atoms with Crippen molar-refractivity contribution in [2.75, 3.05) is 30.8 Å². The molecule has 1 aliphatic carbocycles. The maximum Gasteiger partial charge on any atom is 0.385 e. The lowest BCUT2D eigenvalue weighted by atomic mass is 9.53. The van der Waals surface area contributed by atoms with Crippen molar-refractivity contribution in [2.24, 2.45) is 5.92 Å². The zero-order chi connectivity index (χ0) is 33.7. The topological polar surface area (TPSA) is 111 Å². The fraction of sp³-hybridized carbons (Fsp3) is 0.438. The third-order valence-electron chi connectivity index (χ3n) is 9.44. The molecule has 3 aromatic heterocycles. The number of allylic oxidation sites excluding steroid dienone is 1. The van der Waals surface area contributed by atoms with Crippen LogP contribution in [-0.2, 0) is 23.1 Å². The Labute approximate surface area is 277 Å². The van der Waals surface area contributed by atoms with Gasteiger partial charge in [-0.1, -0.05) is 12.6 Å². The monoisotopic (exact) mass is 660 g/mol. The second-order valence-electron chi connectivity index (χ2n) is 13.2. The van der Waals surface area contributed by atoms with Gasteiger partial charge in [0.15, 0.2) is 0 Å². The third kappa shape index (κ3) is 6.58. The maximum absolute atomic E-state index is 13.8. The van der Waals surface area contributed by atoms with Gasteiger partial charge in [0, 0.05) is 65.3 Å². The maximum atomic E-state index is 13.8. The minimum Gasteiger partial charge on any atom is -0.367 e. The minimum atomic E-state index is -4.39. The number of carbonyl (C=O) groups is 1. The molecule has 244 valence electrons. The molecule has 9 nitrogen and oxygen atoms in total. The van der Waals surface area contributed by atoms with Crippen LogP contribution in [0.2, 0.25) is 0 Å². The lowest BCUT2D eigenvalue weighted by molar-refractivity contribution is -0.143. The molecule has 0 radical (unpaired) electrons. The number of likely N-dealkylation sites (tertiary alicyclic amines) is 1. The predicted octanol–water partition coefficient (Wildman–Crippen LogP) is 3.97. The molecule has 0 bridgehead atoms. The second-order valence-corrected chi connectivity index (χ2v) is 14.2. The molecular formula is C32H37B2F3N8OS. The Hall–Kier alpha value is -4.02. The van der Waals surface area contributed by atoms with Gasteiger partial charge in [-0.15, -0.1) is 11.3 Å². The van der Waals surface area contributed by atoms with Crippen LogP contribution in [0.15, 0.2) is 36.5 Å². The smallest absolute Gasteiger partial charge is 0.367 e. The summed E-state index contributed by atoms with van der Waals surface area (Å²) in [5, 5.41) is 18.8. The summed E-state index contributed by atoms with van der Waals surface area (Å²) >= 11 is 1.05. The molecule has 4 heterocycles. The molecule has 15 heteroatoms. The van der Waals surface area contributed by atoms with Crippen molar-refractivity contribution in [1.29, 1.82) is 5.26 Å². The van der Waals surface area contributed by atoms with E-state index in [-0.39, 0.29) is 22.7 Å². The molecule has 1 saturated heterocycles. The van der Waals surface area contributed by atoms with Crippen LogP contribution in [0.1, 0.15) is 47.4 Å². The average molecular weight is 660 g/mol. The van der Waals surface area contributed by atoms with Crippen LogP contribution < -0.4 is 16.0 Å². The van der Waals surface area contributed by atoms with Gasteiger partial charge in [0.05, 0.1) is 11.9 Å². The largest absolute Gasteiger partial charge is 0.385 e. The second kappa shape index (κ2) is 12.5. The standard InChI is InChI=1S/C32H37B2F3N8OS/c1-17(40-28(46)19-4-5-19)15-45-22(14-38)12-23-18(2)20(6-7-25(23)45)16-44-10-8-21(9-11-44)41-27-24-13-26(31(33,34)32(35,36)37)47-29(24)43-30(39-3)42-27/h6-7,12-13,19,21H,1,4-5,8-11,15-16,33-34H2,2-3H3,(H,40,46)(H2,39,41,42,43). The molecule has 2 fully saturated rings. The van der Waals surface area contributed by atoms with Crippen LogP contribution in [0.25, 0.3) is 21.1 Å². The molecule has 2 aliphatic rings. The first-order chi connectivity index (χ1) is 22.3. The van der Waals surface area contributed by atoms with Crippen molar-refractivity contribution in [3.05, 3.63) is 58.2 Å². The normalized spacial score (nSPS) is 16.3. The van der Waals surface area contributed by atoms with E-state index in [2.05, 4.69) is 56.5 Å². The van der Waals surface area contributed by atoms with Gasteiger partial charge in [-0.05, 0) is 61.9 Å². The highest BCUT2D eigenvalue weighted by Gasteiger charge is 2.49. The van der Waals surface area contributed by atoms with Gasteiger partial charge in [-0.3, -0.25) is 9.69 Å². The predicted molar refractivity (Wildman–Crippen MR) is 185 cm³/mol. The van der Waals surface area contributed by atoms with Gasteiger partial charge in [0.25, 0.3) is 0 Å². The van der Waals surface area contributed by atoms with Gasteiger partial charge in [0.2, 0.25) is 11.9 Å². The zero-order valence-electron chi connectivity index (χ0n) is 27.0. The number of benzene rings is 1. The molecule has 3 N–H and O–H groups in total. The molecule has 6 rings (SSSR count). The number of thiophene rings is 1. The summed E-state index contributed by atoms with van der Waals surface area (Å²) in [4.78, 5) is 24.3. The van der Waals surface area contributed by atoms with E-state index in [9.17, 15) is 23.2 Å². The van der Waals surface area contributed by atoms with Crippen LogP contribution in [0.5, 0.6) is 0 Å². The minimum absolute atomic E-state index is 0.000952. The SMILES string of the molecule is BC(B)(c1cc2c(NC3CCN(Cc4ccc5c(cc(C#N)n5CC(=C)NC(=O)C5CC5)c4C)CC3)nc(NC)nc2s1)C(F)(F)F. The number of hydrogen-bond acceptors (Lipinski definition) is 8. The van der Waals surface area contributed by atoms with Gasteiger partial charge < -0.3 is 20.5 Å².